The maximum absolute atomic E-state index is 13.0. The predicted molar refractivity (Wildman–Crippen MR) is 80.5 cm³/mol. The molecule has 0 bridgehead atoms. The lowest BCUT2D eigenvalue weighted by Crippen LogP contribution is -2.44. The van der Waals surface area contributed by atoms with E-state index in [2.05, 4.69) is 27.3 Å². The summed E-state index contributed by atoms with van der Waals surface area (Å²) in [6.07, 6.45) is 8.68. The Hall–Kier alpha value is -1.42. The number of hydrogen-bond acceptors (Lipinski definition) is 3. The quantitative estimate of drug-likeness (QED) is 0.928. The smallest absolute Gasteiger partial charge is 0.244 e. The molecular weight excluding hydrogens is 262 g/mol. The zero-order valence-corrected chi connectivity index (χ0v) is 12.6. The summed E-state index contributed by atoms with van der Waals surface area (Å²) in [4.78, 5) is 19.6. The van der Waals surface area contributed by atoms with E-state index in [0.29, 0.717) is 11.8 Å². The highest BCUT2D eigenvalue weighted by Gasteiger charge is 2.53. The number of amides is 1. The molecule has 4 rings (SSSR count). The van der Waals surface area contributed by atoms with Gasteiger partial charge in [-0.25, -0.2) is 0 Å². The van der Waals surface area contributed by atoms with Gasteiger partial charge in [-0.15, -0.1) is 0 Å². The third kappa shape index (κ3) is 2.26. The third-order valence-electron chi connectivity index (χ3n) is 5.22. The summed E-state index contributed by atoms with van der Waals surface area (Å²) in [5.41, 5.74) is 1.84. The van der Waals surface area contributed by atoms with Gasteiger partial charge in [-0.05, 0) is 50.2 Å². The summed E-state index contributed by atoms with van der Waals surface area (Å²) < 4.78 is 0. The van der Waals surface area contributed by atoms with Gasteiger partial charge in [-0.1, -0.05) is 18.9 Å². The van der Waals surface area contributed by atoms with Crippen molar-refractivity contribution in [3.8, 4) is 0 Å². The van der Waals surface area contributed by atoms with Crippen LogP contribution in [0.3, 0.4) is 0 Å². The van der Waals surface area contributed by atoms with Crippen LogP contribution in [0.2, 0.25) is 0 Å². The Morgan fingerprint density at radius 3 is 2.71 bits per heavy atom. The Labute approximate surface area is 125 Å². The van der Waals surface area contributed by atoms with Crippen molar-refractivity contribution in [1.29, 1.82) is 0 Å². The third-order valence-corrected chi connectivity index (χ3v) is 5.22. The molecule has 3 aliphatic rings. The minimum Gasteiger partial charge on any atom is -0.320 e. The monoisotopic (exact) mass is 285 g/mol. The molecule has 0 radical (unpaired) electrons. The molecule has 1 aliphatic heterocycles. The number of carbonyl (C=O) groups excluding carboxylic acids is 1. The van der Waals surface area contributed by atoms with Crippen molar-refractivity contribution in [3.05, 3.63) is 29.6 Å². The average Bonchev–Trinajstić information content (AvgIpc) is 3.12. The summed E-state index contributed by atoms with van der Waals surface area (Å²) in [6.45, 7) is 2.94. The number of nitrogens with zero attached hydrogens (tertiary/aromatic N) is 2. The number of nitrogens with one attached hydrogen (secondary N) is 1. The molecule has 1 saturated heterocycles. The molecule has 2 heterocycles. The average molecular weight is 285 g/mol. The van der Waals surface area contributed by atoms with Crippen LogP contribution >= 0.6 is 0 Å². The van der Waals surface area contributed by atoms with Gasteiger partial charge in [0, 0.05) is 12.7 Å². The molecule has 1 atom stereocenters. The zero-order chi connectivity index (χ0) is 14.4. The molecule has 3 fully saturated rings. The molecule has 112 valence electrons. The first-order valence-corrected chi connectivity index (χ1v) is 8.19. The Balaban J connectivity index is 1.65. The van der Waals surface area contributed by atoms with E-state index in [4.69, 9.17) is 0 Å². The molecule has 1 N–H and O–H groups in total. The summed E-state index contributed by atoms with van der Waals surface area (Å²) in [5, 5.41) is 3.65. The first-order chi connectivity index (χ1) is 10.2. The topological polar surface area (TPSA) is 45.2 Å². The van der Waals surface area contributed by atoms with Crippen molar-refractivity contribution >= 4 is 5.91 Å². The van der Waals surface area contributed by atoms with Crippen LogP contribution in [0.4, 0.5) is 0 Å². The van der Waals surface area contributed by atoms with Crippen LogP contribution in [0.25, 0.3) is 0 Å². The molecule has 1 amide bonds. The van der Waals surface area contributed by atoms with Crippen LogP contribution < -0.4 is 5.32 Å². The SMILES string of the molecule is Cc1ccc(C2NC3(CCCC3)C(=O)N2CC2CC2)nc1. The summed E-state index contributed by atoms with van der Waals surface area (Å²) in [6, 6.07) is 4.15. The summed E-state index contributed by atoms with van der Waals surface area (Å²) in [7, 11) is 0. The lowest BCUT2D eigenvalue weighted by atomic mass is 9.98. The number of rotatable bonds is 3. The van der Waals surface area contributed by atoms with Gasteiger partial charge < -0.3 is 4.90 Å². The highest BCUT2D eigenvalue weighted by Crippen LogP contribution is 2.42. The zero-order valence-electron chi connectivity index (χ0n) is 12.6. The lowest BCUT2D eigenvalue weighted by Gasteiger charge is -2.23. The fraction of sp³-hybridized carbons (Fsp3) is 0.647. The minimum absolute atomic E-state index is 0.0307. The summed E-state index contributed by atoms with van der Waals surface area (Å²) >= 11 is 0. The van der Waals surface area contributed by atoms with E-state index < -0.39 is 0 Å². The minimum atomic E-state index is -0.299. The molecule has 4 heteroatoms. The van der Waals surface area contributed by atoms with Gasteiger partial charge in [0.25, 0.3) is 0 Å². The second-order valence-corrected chi connectivity index (χ2v) is 7.00. The van der Waals surface area contributed by atoms with E-state index in [1.807, 2.05) is 13.1 Å². The Morgan fingerprint density at radius 2 is 2.10 bits per heavy atom. The highest BCUT2D eigenvalue weighted by atomic mass is 16.2. The van der Waals surface area contributed by atoms with Gasteiger partial charge in [0.1, 0.15) is 6.17 Å². The predicted octanol–water partition coefficient (Wildman–Crippen LogP) is 2.54. The number of pyridine rings is 1. The van der Waals surface area contributed by atoms with E-state index in [9.17, 15) is 4.79 Å². The molecule has 2 saturated carbocycles. The molecule has 4 nitrogen and oxygen atoms in total. The Kier molecular flexibility index (Phi) is 3.03. The lowest BCUT2D eigenvalue weighted by molar-refractivity contribution is -0.133. The molecule has 1 unspecified atom stereocenters. The van der Waals surface area contributed by atoms with E-state index in [1.165, 1.54) is 12.8 Å². The normalized spacial score (nSPS) is 27.8. The molecule has 1 aromatic heterocycles. The van der Waals surface area contributed by atoms with Crippen LogP contribution in [0, 0.1) is 12.8 Å². The highest BCUT2D eigenvalue weighted by molar-refractivity contribution is 5.89. The molecule has 2 aliphatic carbocycles. The molecule has 0 aromatic carbocycles. The van der Waals surface area contributed by atoms with Crippen LogP contribution in [0.1, 0.15) is 55.9 Å². The van der Waals surface area contributed by atoms with Gasteiger partial charge in [0.2, 0.25) is 5.91 Å². The van der Waals surface area contributed by atoms with Crippen LogP contribution in [0.15, 0.2) is 18.3 Å². The molecule has 1 spiro atoms. The second kappa shape index (κ2) is 4.80. The maximum atomic E-state index is 13.0. The van der Waals surface area contributed by atoms with Gasteiger partial charge in [-0.3, -0.25) is 15.1 Å². The number of aromatic nitrogens is 1. The van der Waals surface area contributed by atoms with Crippen molar-refractivity contribution in [2.75, 3.05) is 6.54 Å². The Morgan fingerprint density at radius 1 is 1.33 bits per heavy atom. The molecular formula is C17H23N3O. The molecule has 21 heavy (non-hydrogen) atoms. The maximum Gasteiger partial charge on any atom is 0.244 e. The van der Waals surface area contributed by atoms with Crippen molar-refractivity contribution in [1.82, 2.24) is 15.2 Å². The van der Waals surface area contributed by atoms with Crippen LogP contribution in [-0.2, 0) is 4.79 Å². The standard InChI is InChI=1S/C17H23N3O/c1-12-4-7-14(18-10-12)15-19-17(8-2-3-9-17)16(21)20(15)11-13-5-6-13/h4,7,10,13,15,19H,2-3,5-6,8-9,11H2,1H3. The van der Waals surface area contributed by atoms with E-state index >= 15 is 0 Å². The van der Waals surface area contributed by atoms with Crippen molar-refractivity contribution in [2.45, 2.75) is 57.2 Å². The fourth-order valence-electron chi connectivity index (χ4n) is 3.77. The largest absolute Gasteiger partial charge is 0.320 e. The van der Waals surface area contributed by atoms with Gasteiger partial charge in [0.05, 0.1) is 11.2 Å². The first-order valence-electron chi connectivity index (χ1n) is 8.19. The van der Waals surface area contributed by atoms with Crippen LogP contribution in [-0.4, -0.2) is 27.9 Å². The van der Waals surface area contributed by atoms with Crippen LogP contribution in [0.5, 0.6) is 0 Å². The number of aryl methyl sites for hydroxylation is 1. The van der Waals surface area contributed by atoms with Gasteiger partial charge >= 0.3 is 0 Å². The van der Waals surface area contributed by atoms with Crippen molar-refractivity contribution < 1.29 is 4.79 Å². The number of hydrogen-bond donors (Lipinski definition) is 1. The van der Waals surface area contributed by atoms with Gasteiger partial charge in [-0.2, -0.15) is 0 Å². The van der Waals surface area contributed by atoms with Gasteiger partial charge in [0.15, 0.2) is 0 Å². The molecule has 1 aromatic rings. The van der Waals surface area contributed by atoms with E-state index in [1.54, 1.807) is 0 Å². The fourth-order valence-corrected chi connectivity index (χ4v) is 3.77. The van der Waals surface area contributed by atoms with Crippen molar-refractivity contribution in [3.63, 3.8) is 0 Å². The number of carbonyl (C=O) groups is 1. The van der Waals surface area contributed by atoms with Crippen molar-refractivity contribution in [2.24, 2.45) is 5.92 Å². The first kappa shape index (κ1) is 13.3. The van der Waals surface area contributed by atoms with E-state index in [-0.39, 0.29) is 11.7 Å². The Bertz CT molecular complexity index is 544. The van der Waals surface area contributed by atoms with E-state index in [0.717, 1.165) is 43.5 Å². The second-order valence-electron chi connectivity index (χ2n) is 7.00. The summed E-state index contributed by atoms with van der Waals surface area (Å²) in [5.74, 6) is 1.03.